The molecule has 1 aliphatic heterocycles. The van der Waals surface area contributed by atoms with Crippen LogP contribution in [0.25, 0.3) is 0 Å². The van der Waals surface area contributed by atoms with Gasteiger partial charge in [-0.2, -0.15) is 0 Å². The third-order valence-electron chi connectivity index (χ3n) is 8.17. The number of hydrogen-bond donors (Lipinski definition) is 0. The molecule has 0 bridgehead atoms. The number of ether oxygens (including phenoxy) is 2. The highest BCUT2D eigenvalue weighted by Gasteiger charge is 2.43. The molecule has 1 aliphatic rings. The molecule has 0 N–H and O–H groups in total. The lowest BCUT2D eigenvalue weighted by molar-refractivity contribution is -0.384. The summed E-state index contributed by atoms with van der Waals surface area (Å²) in [5, 5.41) is 11.6. The third kappa shape index (κ3) is 8.10. The number of nitro benzene ring substituents is 1. The highest BCUT2D eigenvalue weighted by Crippen LogP contribution is 2.41. The van der Waals surface area contributed by atoms with E-state index >= 15 is 0 Å². The van der Waals surface area contributed by atoms with E-state index in [-0.39, 0.29) is 17.2 Å². The van der Waals surface area contributed by atoms with Crippen molar-refractivity contribution >= 4 is 23.3 Å². The monoisotopic (exact) mass is 611 g/mol. The molecule has 3 aromatic carbocycles. The zero-order valence-corrected chi connectivity index (χ0v) is 26.7. The molecule has 0 spiro atoms. The summed E-state index contributed by atoms with van der Waals surface area (Å²) in [6.07, 6.45) is 0.864. The first-order chi connectivity index (χ1) is 21.4. The average Bonchev–Trinajstić information content (AvgIpc) is 3.01. The highest BCUT2D eigenvalue weighted by molar-refractivity contribution is 6.07. The minimum atomic E-state index is -0.943. The maximum atomic E-state index is 14.0. The fraction of sp³-hybridized carbons (Fsp3) is 0.361. The molecule has 236 valence electrons. The molecule has 0 aliphatic carbocycles. The van der Waals surface area contributed by atoms with Crippen molar-refractivity contribution in [1.29, 1.82) is 0 Å². The van der Waals surface area contributed by atoms with Gasteiger partial charge >= 0.3 is 11.9 Å². The molecule has 9 heteroatoms. The molecule has 2 atom stereocenters. The molecule has 3 aromatic rings. The predicted molar refractivity (Wildman–Crippen MR) is 174 cm³/mol. The quantitative estimate of drug-likeness (QED) is 0.127. The second-order valence-electron chi connectivity index (χ2n) is 12.1. The summed E-state index contributed by atoms with van der Waals surface area (Å²) in [6, 6.07) is 26.8. The van der Waals surface area contributed by atoms with Crippen LogP contribution in [0.3, 0.4) is 0 Å². The van der Waals surface area contributed by atoms with Gasteiger partial charge in [-0.3, -0.25) is 19.9 Å². The van der Waals surface area contributed by atoms with Crippen LogP contribution in [0.2, 0.25) is 0 Å². The minimum absolute atomic E-state index is 0.145. The van der Waals surface area contributed by atoms with Crippen LogP contribution in [-0.2, 0) is 19.1 Å². The maximum absolute atomic E-state index is 14.0. The van der Waals surface area contributed by atoms with E-state index in [2.05, 4.69) is 58.4 Å². The number of methoxy groups -OCH3 is 1. The van der Waals surface area contributed by atoms with Crippen LogP contribution in [0.1, 0.15) is 62.6 Å². The Bertz CT molecular complexity index is 1540. The summed E-state index contributed by atoms with van der Waals surface area (Å²) in [5.41, 5.74) is 2.90. The van der Waals surface area contributed by atoms with Gasteiger partial charge < -0.3 is 14.4 Å². The first-order valence-corrected chi connectivity index (χ1v) is 15.0. The van der Waals surface area contributed by atoms with Crippen LogP contribution in [-0.4, -0.2) is 60.3 Å². The number of aliphatic imine (C=N–C) groups is 1. The van der Waals surface area contributed by atoms with E-state index in [0.29, 0.717) is 23.5 Å². The van der Waals surface area contributed by atoms with Crippen molar-refractivity contribution in [3.05, 3.63) is 123 Å². The molecule has 1 heterocycles. The first kappa shape index (κ1) is 33.3. The van der Waals surface area contributed by atoms with Gasteiger partial charge in [-0.15, -0.1) is 0 Å². The molecule has 0 aromatic heterocycles. The van der Waals surface area contributed by atoms with Crippen LogP contribution in [0.4, 0.5) is 5.69 Å². The Balaban J connectivity index is 1.54. The van der Waals surface area contributed by atoms with Crippen molar-refractivity contribution in [2.75, 3.05) is 27.2 Å². The normalized spacial score (nSPS) is 16.8. The first-order valence-electron chi connectivity index (χ1n) is 15.0. The Hall–Kier alpha value is -4.63. The van der Waals surface area contributed by atoms with Crippen molar-refractivity contribution < 1.29 is 24.0 Å². The van der Waals surface area contributed by atoms with E-state index in [1.807, 2.05) is 33.0 Å². The molecule has 9 nitrogen and oxygen atoms in total. The topological polar surface area (TPSA) is 111 Å². The van der Waals surface area contributed by atoms with E-state index < -0.39 is 34.3 Å². The molecule has 4 rings (SSSR count). The third-order valence-corrected chi connectivity index (χ3v) is 8.17. The predicted octanol–water partition coefficient (Wildman–Crippen LogP) is 6.69. The van der Waals surface area contributed by atoms with Crippen LogP contribution in [0.15, 0.2) is 101 Å². The van der Waals surface area contributed by atoms with Gasteiger partial charge in [0.15, 0.2) is 0 Å². The van der Waals surface area contributed by atoms with Crippen molar-refractivity contribution in [3.63, 3.8) is 0 Å². The SMILES string of the molecule is COC(=O)C1C(C)=NC(C)=C(C(=O)OC(C)(C)CN(C)CCC(c2ccccc2)c2ccccc2)C1c1cccc([N+](=O)[O-])c1. The van der Waals surface area contributed by atoms with Gasteiger partial charge in [-0.25, -0.2) is 4.79 Å². The van der Waals surface area contributed by atoms with Gasteiger partial charge in [0.05, 0.1) is 17.6 Å². The van der Waals surface area contributed by atoms with Crippen molar-refractivity contribution in [3.8, 4) is 0 Å². The number of non-ortho nitro benzene ring substituents is 1. The number of hydrogen-bond acceptors (Lipinski definition) is 8. The molecule has 0 radical (unpaired) electrons. The maximum Gasteiger partial charge on any atom is 0.337 e. The summed E-state index contributed by atoms with van der Waals surface area (Å²) < 4.78 is 11.2. The Morgan fingerprint density at radius 3 is 2.13 bits per heavy atom. The fourth-order valence-electron chi connectivity index (χ4n) is 6.24. The smallest absolute Gasteiger partial charge is 0.337 e. The average molecular weight is 612 g/mol. The molecule has 2 unspecified atom stereocenters. The zero-order valence-electron chi connectivity index (χ0n) is 26.7. The second-order valence-corrected chi connectivity index (χ2v) is 12.1. The number of nitrogens with zero attached hydrogens (tertiary/aromatic N) is 3. The summed E-state index contributed by atoms with van der Waals surface area (Å²) in [6.45, 7) is 8.27. The minimum Gasteiger partial charge on any atom is -0.468 e. The zero-order chi connectivity index (χ0) is 32.7. The Morgan fingerprint density at radius 2 is 1.58 bits per heavy atom. The Morgan fingerprint density at radius 1 is 0.978 bits per heavy atom. The van der Waals surface area contributed by atoms with Crippen molar-refractivity contribution in [1.82, 2.24) is 4.90 Å². The van der Waals surface area contributed by atoms with E-state index in [0.717, 1.165) is 13.0 Å². The molecule has 0 amide bonds. The van der Waals surface area contributed by atoms with Gasteiger partial charge in [-0.1, -0.05) is 72.8 Å². The van der Waals surface area contributed by atoms with Gasteiger partial charge in [0.25, 0.3) is 5.69 Å². The second kappa shape index (κ2) is 14.4. The van der Waals surface area contributed by atoms with Crippen LogP contribution >= 0.6 is 0 Å². The summed E-state index contributed by atoms with van der Waals surface area (Å²) in [5.74, 6) is -2.81. The lowest BCUT2D eigenvalue weighted by Crippen LogP contribution is -2.43. The summed E-state index contributed by atoms with van der Waals surface area (Å²) in [7, 11) is 3.27. The largest absolute Gasteiger partial charge is 0.468 e. The molecule has 0 saturated carbocycles. The van der Waals surface area contributed by atoms with E-state index in [1.165, 1.54) is 36.4 Å². The number of carbonyl (C=O) groups is 2. The van der Waals surface area contributed by atoms with Crippen LogP contribution in [0, 0.1) is 16.0 Å². The van der Waals surface area contributed by atoms with E-state index in [4.69, 9.17) is 9.47 Å². The van der Waals surface area contributed by atoms with E-state index in [9.17, 15) is 19.7 Å². The summed E-state index contributed by atoms with van der Waals surface area (Å²) >= 11 is 0. The lowest BCUT2D eigenvalue weighted by atomic mass is 9.75. The van der Waals surface area contributed by atoms with Gasteiger partial charge in [0.1, 0.15) is 11.5 Å². The number of allylic oxidation sites excluding steroid dienone is 1. The van der Waals surface area contributed by atoms with Gasteiger partial charge in [0, 0.05) is 41.9 Å². The molecular formula is C36H41N3O6. The molecular weight excluding hydrogens is 570 g/mol. The Labute approximate surface area is 264 Å². The molecule has 0 saturated heterocycles. The van der Waals surface area contributed by atoms with Crippen LogP contribution in [0.5, 0.6) is 0 Å². The number of rotatable bonds is 12. The van der Waals surface area contributed by atoms with Crippen molar-refractivity contribution in [2.45, 2.75) is 51.6 Å². The molecule has 45 heavy (non-hydrogen) atoms. The van der Waals surface area contributed by atoms with Crippen molar-refractivity contribution in [2.24, 2.45) is 10.9 Å². The summed E-state index contributed by atoms with van der Waals surface area (Å²) in [4.78, 5) is 44.7. The number of nitro groups is 1. The number of esters is 2. The standard InChI is InChI=1S/C36H41N3O6/c1-24-31(34(40)44-6)33(28-18-13-19-29(22-28)39(42)43)32(25(2)37-24)35(41)45-36(3,4)23-38(5)21-20-30(26-14-9-7-10-15-26)27-16-11-8-12-17-27/h7-19,22,30-31,33H,20-21,23H2,1-6H3. The van der Waals surface area contributed by atoms with Gasteiger partial charge in [-0.05, 0) is 64.4 Å². The van der Waals surface area contributed by atoms with Crippen LogP contribution < -0.4 is 0 Å². The van der Waals surface area contributed by atoms with E-state index in [1.54, 1.807) is 19.9 Å². The highest BCUT2D eigenvalue weighted by atomic mass is 16.6. The Kier molecular flexibility index (Phi) is 10.7. The number of carbonyl (C=O) groups excluding carboxylic acids is 2. The fourth-order valence-corrected chi connectivity index (χ4v) is 6.24. The van der Waals surface area contributed by atoms with Gasteiger partial charge in [0.2, 0.25) is 0 Å². The molecule has 0 fully saturated rings. The number of benzene rings is 3. The lowest BCUT2D eigenvalue weighted by Gasteiger charge is -2.35. The number of likely N-dealkylation sites (N-methyl/N-ethyl adjacent to an activating group) is 1.